The predicted octanol–water partition coefficient (Wildman–Crippen LogP) is 1.63. The Labute approximate surface area is 105 Å². The maximum Gasteiger partial charge on any atom is 0.307 e. The van der Waals surface area contributed by atoms with E-state index in [2.05, 4.69) is 0 Å². The Kier molecular flexibility index (Phi) is 6.92. The smallest absolute Gasteiger partial charge is 0.307 e. The average Bonchev–Trinajstić information content (AvgIpc) is 2.23. The number of nitrogens with zero attached hydrogens (tertiary/aromatic N) is 1. The molecule has 7 heteroatoms. The van der Waals surface area contributed by atoms with E-state index in [1.165, 1.54) is 0 Å². The molecule has 0 aromatic carbocycles. The molecule has 0 aromatic rings. The van der Waals surface area contributed by atoms with E-state index in [0.29, 0.717) is 12.8 Å². The second-order valence-corrected chi connectivity index (χ2v) is 4.49. The first-order chi connectivity index (χ1) is 8.29. The van der Waals surface area contributed by atoms with Crippen molar-refractivity contribution >= 4 is 11.9 Å². The zero-order chi connectivity index (χ0) is 14.3. The van der Waals surface area contributed by atoms with Crippen LogP contribution in [0.3, 0.4) is 0 Å². The van der Waals surface area contributed by atoms with Crippen LogP contribution < -0.4 is 0 Å². The summed E-state index contributed by atoms with van der Waals surface area (Å²) in [7, 11) is 0. The number of carbonyl (C=O) groups is 2. The molecule has 0 saturated carbocycles. The molecule has 3 atom stereocenters. The van der Waals surface area contributed by atoms with Crippen LogP contribution in [0.5, 0.6) is 0 Å². The van der Waals surface area contributed by atoms with Gasteiger partial charge in [0.25, 0.3) is 0 Å². The number of carboxylic acid groups (broad SMARTS) is 2. The summed E-state index contributed by atoms with van der Waals surface area (Å²) in [5, 5.41) is 28.3. The summed E-state index contributed by atoms with van der Waals surface area (Å²) in [6.45, 7) is 3.41. The van der Waals surface area contributed by atoms with Crippen molar-refractivity contribution in [3.63, 3.8) is 0 Å². The SMILES string of the molecule is CCCC(C(C)CC(CC(=O)O)C(=O)O)[N+](=O)[O-]. The zero-order valence-electron chi connectivity index (χ0n) is 10.5. The highest BCUT2D eigenvalue weighted by atomic mass is 16.6. The Hall–Kier alpha value is -1.66. The number of hydrogen-bond acceptors (Lipinski definition) is 4. The molecule has 0 aliphatic carbocycles. The van der Waals surface area contributed by atoms with E-state index in [4.69, 9.17) is 10.2 Å². The lowest BCUT2D eigenvalue weighted by Crippen LogP contribution is -2.31. The summed E-state index contributed by atoms with van der Waals surface area (Å²) in [5.41, 5.74) is 0. The maximum atomic E-state index is 10.9. The van der Waals surface area contributed by atoms with E-state index in [0.717, 1.165) is 0 Å². The summed E-state index contributed by atoms with van der Waals surface area (Å²) in [6, 6.07) is -0.814. The monoisotopic (exact) mass is 261 g/mol. The van der Waals surface area contributed by atoms with Crippen LogP contribution in [0.4, 0.5) is 0 Å². The highest BCUT2D eigenvalue weighted by Crippen LogP contribution is 2.23. The molecule has 0 spiro atoms. The second kappa shape index (κ2) is 7.62. The normalized spacial score (nSPS) is 15.7. The van der Waals surface area contributed by atoms with Gasteiger partial charge in [0.15, 0.2) is 0 Å². The third kappa shape index (κ3) is 5.60. The first-order valence-corrected chi connectivity index (χ1v) is 5.87. The van der Waals surface area contributed by atoms with Crippen molar-refractivity contribution in [3.05, 3.63) is 10.1 Å². The molecule has 2 N–H and O–H groups in total. The van der Waals surface area contributed by atoms with Crippen LogP contribution in [0.15, 0.2) is 0 Å². The third-order valence-electron chi connectivity index (χ3n) is 2.94. The lowest BCUT2D eigenvalue weighted by Gasteiger charge is -2.19. The molecule has 0 aliphatic heterocycles. The summed E-state index contributed by atoms with van der Waals surface area (Å²) < 4.78 is 0. The Morgan fingerprint density at radius 1 is 1.33 bits per heavy atom. The summed E-state index contributed by atoms with van der Waals surface area (Å²) in [4.78, 5) is 31.9. The van der Waals surface area contributed by atoms with Gasteiger partial charge in [-0.25, -0.2) is 0 Å². The van der Waals surface area contributed by atoms with Crippen molar-refractivity contribution in [1.29, 1.82) is 0 Å². The van der Waals surface area contributed by atoms with Gasteiger partial charge in [-0.2, -0.15) is 0 Å². The zero-order valence-corrected chi connectivity index (χ0v) is 10.5. The number of nitro groups is 1. The second-order valence-electron chi connectivity index (χ2n) is 4.49. The minimum Gasteiger partial charge on any atom is -0.481 e. The number of aliphatic carboxylic acids is 2. The fraction of sp³-hybridized carbons (Fsp3) is 0.818. The molecule has 0 aromatic heterocycles. The van der Waals surface area contributed by atoms with Crippen molar-refractivity contribution in [2.75, 3.05) is 0 Å². The van der Waals surface area contributed by atoms with Gasteiger partial charge >= 0.3 is 11.9 Å². The molecular formula is C11H19NO6. The van der Waals surface area contributed by atoms with Crippen molar-refractivity contribution in [2.45, 2.75) is 45.6 Å². The first-order valence-electron chi connectivity index (χ1n) is 5.87. The molecule has 0 aliphatic rings. The summed E-state index contributed by atoms with van der Waals surface area (Å²) in [5.74, 6) is -3.96. The quantitative estimate of drug-likeness (QED) is 0.481. The topological polar surface area (TPSA) is 118 Å². The largest absolute Gasteiger partial charge is 0.481 e. The van der Waals surface area contributed by atoms with Crippen molar-refractivity contribution in [3.8, 4) is 0 Å². The Balaban J connectivity index is 4.64. The molecule has 7 nitrogen and oxygen atoms in total. The third-order valence-corrected chi connectivity index (χ3v) is 2.94. The predicted molar refractivity (Wildman–Crippen MR) is 62.9 cm³/mol. The summed E-state index contributed by atoms with van der Waals surface area (Å²) in [6.07, 6.45) is 0.504. The molecule has 0 radical (unpaired) electrons. The molecule has 0 saturated heterocycles. The maximum absolute atomic E-state index is 10.9. The van der Waals surface area contributed by atoms with E-state index in [9.17, 15) is 19.7 Å². The van der Waals surface area contributed by atoms with Gasteiger partial charge in [0.1, 0.15) is 0 Å². The van der Waals surface area contributed by atoms with Gasteiger partial charge in [0.05, 0.1) is 12.3 Å². The molecule has 0 bridgehead atoms. The molecule has 0 fully saturated rings. The Morgan fingerprint density at radius 2 is 1.89 bits per heavy atom. The van der Waals surface area contributed by atoms with Gasteiger partial charge in [-0.05, 0) is 12.8 Å². The molecule has 0 amide bonds. The minimum atomic E-state index is -1.22. The van der Waals surface area contributed by atoms with Crippen molar-refractivity contribution in [1.82, 2.24) is 0 Å². The van der Waals surface area contributed by atoms with Gasteiger partial charge < -0.3 is 10.2 Å². The lowest BCUT2D eigenvalue weighted by molar-refractivity contribution is -0.533. The lowest BCUT2D eigenvalue weighted by atomic mass is 9.87. The fourth-order valence-electron chi connectivity index (χ4n) is 1.98. The van der Waals surface area contributed by atoms with Crippen molar-refractivity contribution in [2.24, 2.45) is 11.8 Å². The molecule has 104 valence electrons. The van der Waals surface area contributed by atoms with Crippen LogP contribution >= 0.6 is 0 Å². The minimum absolute atomic E-state index is 0.00722. The van der Waals surface area contributed by atoms with E-state index in [1.54, 1.807) is 6.92 Å². The van der Waals surface area contributed by atoms with Gasteiger partial charge in [-0.3, -0.25) is 19.7 Å². The molecule has 0 rings (SSSR count). The number of rotatable bonds is 9. The van der Waals surface area contributed by atoms with Crippen LogP contribution in [-0.2, 0) is 9.59 Å². The van der Waals surface area contributed by atoms with Gasteiger partial charge in [-0.15, -0.1) is 0 Å². The number of carboxylic acids is 2. The van der Waals surface area contributed by atoms with Crippen LogP contribution in [-0.4, -0.2) is 33.1 Å². The van der Waals surface area contributed by atoms with Crippen LogP contribution in [0.2, 0.25) is 0 Å². The molecule has 18 heavy (non-hydrogen) atoms. The number of hydrogen-bond donors (Lipinski definition) is 2. The van der Waals surface area contributed by atoms with E-state index in [-0.39, 0.29) is 6.42 Å². The Bertz CT molecular complexity index is 317. The highest BCUT2D eigenvalue weighted by molar-refractivity contribution is 5.77. The highest BCUT2D eigenvalue weighted by Gasteiger charge is 2.32. The molecule has 3 unspecified atom stereocenters. The fourth-order valence-corrected chi connectivity index (χ4v) is 1.98. The molecular weight excluding hydrogens is 242 g/mol. The van der Waals surface area contributed by atoms with Gasteiger partial charge in [-0.1, -0.05) is 13.8 Å². The van der Waals surface area contributed by atoms with Crippen LogP contribution in [0.1, 0.15) is 39.5 Å². The standard InChI is InChI=1S/C11H19NO6/c1-3-4-9(12(17)18)7(2)5-8(11(15)16)6-10(13)14/h7-9H,3-6H2,1-2H3,(H,13,14)(H,15,16). The summed E-state index contributed by atoms with van der Waals surface area (Å²) >= 11 is 0. The van der Waals surface area contributed by atoms with Crippen molar-refractivity contribution < 1.29 is 24.7 Å². The first kappa shape index (κ1) is 16.3. The van der Waals surface area contributed by atoms with Crippen LogP contribution in [0.25, 0.3) is 0 Å². The van der Waals surface area contributed by atoms with Crippen LogP contribution in [0, 0.1) is 22.0 Å². The van der Waals surface area contributed by atoms with E-state index in [1.807, 2.05) is 6.92 Å². The molecule has 0 heterocycles. The average molecular weight is 261 g/mol. The van der Waals surface area contributed by atoms with Gasteiger partial charge in [0.2, 0.25) is 6.04 Å². The van der Waals surface area contributed by atoms with E-state index >= 15 is 0 Å². The van der Waals surface area contributed by atoms with Gasteiger partial charge in [0, 0.05) is 17.3 Å². The Morgan fingerprint density at radius 3 is 2.22 bits per heavy atom. The van der Waals surface area contributed by atoms with E-state index < -0.39 is 41.2 Å².